The van der Waals surface area contributed by atoms with E-state index in [1.165, 1.54) is 31.2 Å². The lowest BCUT2D eigenvalue weighted by molar-refractivity contribution is -0.114. The number of amides is 1. The Hall–Kier alpha value is -3.15. The fourth-order valence-corrected chi connectivity index (χ4v) is 2.05. The predicted molar refractivity (Wildman–Crippen MR) is 88.2 cm³/mol. The number of anilines is 1. The quantitative estimate of drug-likeness (QED) is 0.650. The van der Waals surface area contributed by atoms with E-state index < -0.39 is 12.6 Å². The van der Waals surface area contributed by atoms with Gasteiger partial charge in [0.2, 0.25) is 5.91 Å². The van der Waals surface area contributed by atoms with Crippen molar-refractivity contribution in [2.24, 2.45) is 0 Å². The van der Waals surface area contributed by atoms with Crippen LogP contribution in [0.5, 0.6) is 5.75 Å². The lowest BCUT2D eigenvalue weighted by Crippen LogP contribution is -2.14. The minimum atomic E-state index is -0.768. The Labute approximate surface area is 139 Å². The number of rotatable bonds is 5. The van der Waals surface area contributed by atoms with Gasteiger partial charge in [-0.15, -0.1) is 0 Å². The first-order valence-electron chi connectivity index (χ1n) is 7.24. The molecule has 0 fully saturated rings. The molecule has 124 valence electrons. The highest BCUT2D eigenvalue weighted by Gasteiger charge is 2.15. The molecule has 2 aromatic rings. The molecule has 0 spiro atoms. The van der Waals surface area contributed by atoms with Crippen molar-refractivity contribution >= 4 is 23.3 Å². The van der Waals surface area contributed by atoms with Gasteiger partial charge >= 0.3 is 5.97 Å². The Morgan fingerprint density at radius 1 is 1.08 bits per heavy atom. The molecular weight excluding hydrogens is 310 g/mol. The molecule has 1 amide bonds. The molecular formula is C18H17NO5. The maximum atomic E-state index is 12.0. The van der Waals surface area contributed by atoms with Crippen molar-refractivity contribution in [3.8, 4) is 5.75 Å². The lowest BCUT2D eigenvalue weighted by atomic mass is 10.1. The highest BCUT2D eigenvalue weighted by molar-refractivity contribution is 6.00. The second-order valence-electron chi connectivity index (χ2n) is 5.28. The summed E-state index contributed by atoms with van der Waals surface area (Å²) in [7, 11) is 0. The average molecular weight is 327 g/mol. The zero-order valence-electron chi connectivity index (χ0n) is 13.3. The van der Waals surface area contributed by atoms with Crippen LogP contribution >= 0.6 is 0 Å². The van der Waals surface area contributed by atoms with E-state index in [-0.39, 0.29) is 23.0 Å². The van der Waals surface area contributed by atoms with Crippen LogP contribution in [0.25, 0.3) is 0 Å². The Bertz CT molecular complexity index is 780. The number of carbonyl (C=O) groups is 3. The number of phenolic OH excluding ortho intramolecular Hbond substituents is 1. The molecule has 2 N–H and O–H groups in total. The molecule has 0 aliphatic rings. The SMILES string of the molecule is CC(=O)Nc1ccc(C(=O)COC(=O)c2ccc(C)cc2O)cc1. The maximum absolute atomic E-state index is 12.0. The summed E-state index contributed by atoms with van der Waals surface area (Å²) in [5.74, 6) is -1.55. The molecule has 0 atom stereocenters. The monoisotopic (exact) mass is 327 g/mol. The van der Waals surface area contributed by atoms with Crippen molar-refractivity contribution in [3.63, 3.8) is 0 Å². The Kier molecular flexibility index (Phi) is 5.31. The lowest BCUT2D eigenvalue weighted by Gasteiger charge is -2.07. The van der Waals surface area contributed by atoms with Crippen LogP contribution < -0.4 is 5.32 Å². The maximum Gasteiger partial charge on any atom is 0.342 e. The summed E-state index contributed by atoms with van der Waals surface area (Å²) >= 11 is 0. The highest BCUT2D eigenvalue weighted by atomic mass is 16.5. The second-order valence-corrected chi connectivity index (χ2v) is 5.28. The Morgan fingerprint density at radius 3 is 2.33 bits per heavy atom. The molecule has 6 heteroatoms. The fourth-order valence-electron chi connectivity index (χ4n) is 2.05. The molecule has 0 aliphatic heterocycles. The number of esters is 1. The van der Waals surface area contributed by atoms with Crippen LogP contribution in [0.4, 0.5) is 5.69 Å². The third-order valence-electron chi connectivity index (χ3n) is 3.23. The Balaban J connectivity index is 1.97. The van der Waals surface area contributed by atoms with Crippen molar-refractivity contribution in [1.29, 1.82) is 0 Å². The summed E-state index contributed by atoms with van der Waals surface area (Å²) in [4.78, 5) is 34.9. The van der Waals surface area contributed by atoms with Gasteiger partial charge in [0.05, 0.1) is 0 Å². The van der Waals surface area contributed by atoms with Crippen molar-refractivity contribution in [2.75, 3.05) is 11.9 Å². The number of ketones is 1. The topological polar surface area (TPSA) is 92.7 Å². The first kappa shape index (κ1) is 17.2. The zero-order valence-corrected chi connectivity index (χ0v) is 13.3. The Morgan fingerprint density at radius 2 is 1.75 bits per heavy atom. The van der Waals surface area contributed by atoms with Gasteiger partial charge in [0.1, 0.15) is 11.3 Å². The minimum absolute atomic E-state index is 0.00871. The number of phenols is 1. The third kappa shape index (κ3) is 4.42. The molecule has 0 aliphatic carbocycles. The molecule has 2 aromatic carbocycles. The smallest absolute Gasteiger partial charge is 0.342 e. The van der Waals surface area contributed by atoms with Crippen LogP contribution in [-0.4, -0.2) is 29.4 Å². The molecule has 0 unspecified atom stereocenters. The molecule has 2 rings (SSSR count). The van der Waals surface area contributed by atoms with Gasteiger partial charge in [-0.05, 0) is 48.9 Å². The number of Topliss-reactive ketones (excluding diaryl/α,β-unsaturated/α-hetero) is 1. The van der Waals surface area contributed by atoms with E-state index >= 15 is 0 Å². The first-order valence-corrected chi connectivity index (χ1v) is 7.24. The summed E-state index contributed by atoms with van der Waals surface area (Å²) in [5, 5.41) is 12.3. The number of hydrogen-bond acceptors (Lipinski definition) is 5. The molecule has 6 nitrogen and oxygen atoms in total. The van der Waals surface area contributed by atoms with E-state index in [1.54, 1.807) is 25.1 Å². The van der Waals surface area contributed by atoms with E-state index in [0.29, 0.717) is 11.3 Å². The summed E-state index contributed by atoms with van der Waals surface area (Å²) < 4.78 is 4.94. The standard InChI is InChI=1S/C18H17NO5/c1-11-3-8-15(16(21)9-11)18(23)24-10-17(22)13-4-6-14(7-5-13)19-12(2)20/h3-9,21H,10H2,1-2H3,(H,19,20). The van der Waals surface area contributed by atoms with E-state index in [0.717, 1.165) is 5.56 Å². The van der Waals surface area contributed by atoms with Crippen LogP contribution in [0.3, 0.4) is 0 Å². The van der Waals surface area contributed by atoms with Gasteiger partial charge in [-0.3, -0.25) is 9.59 Å². The molecule has 0 saturated heterocycles. The van der Waals surface area contributed by atoms with Crippen molar-refractivity contribution in [1.82, 2.24) is 0 Å². The molecule has 0 saturated carbocycles. The zero-order chi connectivity index (χ0) is 17.7. The summed E-state index contributed by atoms with van der Waals surface area (Å²) in [5.41, 5.74) is 1.74. The molecule has 0 heterocycles. The van der Waals surface area contributed by atoms with Crippen molar-refractivity contribution < 1.29 is 24.2 Å². The van der Waals surface area contributed by atoms with Gasteiger partial charge in [0, 0.05) is 18.2 Å². The van der Waals surface area contributed by atoms with Gasteiger partial charge in [-0.25, -0.2) is 4.79 Å². The number of hydrogen-bond donors (Lipinski definition) is 2. The van der Waals surface area contributed by atoms with Crippen LogP contribution in [0.1, 0.15) is 33.2 Å². The summed E-state index contributed by atoms with van der Waals surface area (Å²) in [6.45, 7) is 2.73. The largest absolute Gasteiger partial charge is 0.507 e. The van der Waals surface area contributed by atoms with Crippen molar-refractivity contribution in [2.45, 2.75) is 13.8 Å². The van der Waals surface area contributed by atoms with Crippen LogP contribution in [0, 0.1) is 6.92 Å². The fraction of sp³-hybridized carbons (Fsp3) is 0.167. The third-order valence-corrected chi connectivity index (χ3v) is 3.23. The van der Waals surface area contributed by atoms with Gasteiger partial charge < -0.3 is 15.2 Å². The molecule has 0 radical (unpaired) electrons. The molecule has 0 bridgehead atoms. The number of carbonyl (C=O) groups excluding carboxylic acids is 3. The van der Waals surface area contributed by atoms with Crippen molar-refractivity contribution in [3.05, 3.63) is 59.2 Å². The number of ether oxygens (including phenoxy) is 1. The highest BCUT2D eigenvalue weighted by Crippen LogP contribution is 2.19. The normalized spacial score (nSPS) is 10.1. The van der Waals surface area contributed by atoms with Crippen LogP contribution in [0.2, 0.25) is 0 Å². The number of nitrogens with one attached hydrogen (secondary N) is 1. The molecule has 0 aromatic heterocycles. The predicted octanol–water partition coefficient (Wildman–Crippen LogP) is 2.70. The van der Waals surface area contributed by atoms with E-state index in [1.807, 2.05) is 0 Å². The van der Waals surface area contributed by atoms with Gasteiger partial charge in [-0.1, -0.05) is 6.07 Å². The van der Waals surface area contributed by atoms with E-state index in [2.05, 4.69) is 5.32 Å². The van der Waals surface area contributed by atoms with E-state index in [4.69, 9.17) is 4.74 Å². The molecule has 24 heavy (non-hydrogen) atoms. The van der Waals surface area contributed by atoms with Crippen LogP contribution in [0.15, 0.2) is 42.5 Å². The first-order chi connectivity index (χ1) is 11.4. The van der Waals surface area contributed by atoms with Crippen LogP contribution in [-0.2, 0) is 9.53 Å². The van der Waals surface area contributed by atoms with Gasteiger partial charge in [0.15, 0.2) is 12.4 Å². The minimum Gasteiger partial charge on any atom is -0.507 e. The number of benzene rings is 2. The second kappa shape index (κ2) is 7.41. The summed E-state index contributed by atoms with van der Waals surface area (Å²) in [6, 6.07) is 10.8. The number of aromatic hydroxyl groups is 1. The van der Waals surface area contributed by atoms with Gasteiger partial charge in [-0.2, -0.15) is 0 Å². The van der Waals surface area contributed by atoms with E-state index in [9.17, 15) is 19.5 Å². The average Bonchev–Trinajstić information content (AvgIpc) is 2.52. The van der Waals surface area contributed by atoms with Gasteiger partial charge in [0.25, 0.3) is 0 Å². The number of aryl methyl sites for hydroxylation is 1. The summed E-state index contributed by atoms with van der Waals surface area (Å²) in [6.07, 6.45) is 0.